The van der Waals surface area contributed by atoms with E-state index >= 15 is 0 Å². The van der Waals surface area contributed by atoms with E-state index in [-0.39, 0.29) is 0 Å². The normalized spacial score (nSPS) is 10.9. The van der Waals surface area contributed by atoms with Crippen LogP contribution in [0.3, 0.4) is 0 Å². The number of aryl methyl sites for hydroxylation is 1. The van der Waals surface area contributed by atoms with E-state index in [1.165, 1.54) is 5.56 Å². The third-order valence-electron chi connectivity index (χ3n) is 2.82. The first kappa shape index (κ1) is 10.5. The molecular weight excluding hydrogens is 278 g/mol. The van der Waals surface area contributed by atoms with E-state index < -0.39 is 0 Å². The van der Waals surface area contributed by atoms with Gasteiger partial charge in [-0.3, -0.25) is 0 Å². The number of nitrogens with one attached hydrogen (secondary N) is 1. The van der Waals surface area contributed by atoms with Crippen LogP contribution in [-0.2, 0) is 0 Å². The molecule has 0 unspecified atom stereocenters. The molecule has 84 valence electrons. The second-order valence-electron chi connectivity index (χ2n) is 3.90. The Labute approximate surface area is 107 Å². The zero-order valence-electron chi connectivity index (χ0n) is 9.24. The lowest BCUT2D eigenvalue weighted by molar-refractivity contribution is 1.20. The van der Waals surface area contributed by atoms with Crippen molar-refractivity contribution in [3.05, 3.63) is 46.8 Å². The molecule has 0 fully saturated rings. The topological polar surface area (TPSA) is 41.6 Å². The van der Waals surface area contributed by atoms with Crippen LogP contribution in [0.1, 0.15) is 5.56 Å². The summed E-state index contributed by atoms with van der Waals surface area (Å²) in [6.45, 7) is 2.09. The van der Waals surface area contributed by atoms with Crippen LogP contribution in [0.25, 0.3) is 22.3 Å². The molecule has 2 heterocycles. The van der Waals surface area contributed by atoms with Crippen LogP contribution < -0.4 is 0 Å². The van der Waals surface area contributed by atoms with Gasteiger partial charge in [-0.1, -0.05) is 24.3 Å². The fourth-order valence-electron chi connectivity index (χ4n) is 1.97. The number of fused-ring (bicyclic) bond motifs is 1. The average molecular weight is 288 g/mol. The smallest absolute Gasteiger partial charge is 0.142 e. The van der Waals surface area contributed by atoms with Gasteiger partial charge in [0.25, 0.3) is 0 Å². The molecular formula is C13H10BrN3. The summed E-state index contributed by atoms with van der Waals surface area (Å²) >= 11 is 3.53. The molecule has 1 N–H and O–H groups in total. The van der Waals surface area contributed by atoms with Crippen molar-refractivity contribution in [1.29, 1.82) is 0 Å². The van der Waals surface area contributed by atoms with Crippen LogP contribution in [0.2, 0.25) is 0 Å². The van der Waals surface area contributed by atoms with E-state index in [0.29, 0.717) is 0 Å². The monoisotopic (exact) mass is 287 g/mol. The lowest BCUT2D eigenvalue weighted by Gasteiger charge is -2.05. The van der Waals surface area contributed by atoms with Gasteiger partial charge in [-0.2, -0.15) is 0 Å². The molecule has 0 bridgehead atoms. The molecule has 0 aliphatic rings. The van der Waals surface area contributed by atoms with E-state index in [2.05, 4.69) is 49.9 Å². The van der Waals surface area contributed by atoms with Gasteiger partial charge in [-0.15, -0.1) is 0 Å². The summed E-state index contributed by atoms with van der Waals surface area (Å²) in [6.07, 6.45) is 3.48. The number of H-pyrrole nitrogens is 1. The molecule has 0 radical (unpaired) electrons. The number of rotatable bonds is 1. The minimum Gasteiger partial charge on any atom is -0.345 e. The summed E-state index contributed by atoms with van der Waals surface area (Å²) in [4.78, 5) is 11.8. The lowest BCUT2D eigenvalue weighted by Crippen LogP contribution is -1.89. The second-order valence-corrected chi connectivity index (χ2v) is 4.75. The Kier molecular flexibility index (Phi) is 2.44. The highest BCUT2D eigenvalue weighted by Crippen LogP contribution is 2.32. The van der Waals surface area contributed by atoms with Gasteiger partial charge >= 0.3 is 0 Å². The summed E-state index contributed by atoms with van der Waals surface area (Å²) in [6, 6.07) is 8.22. The maximum atomic E-state index is 4.41. The van der Waals surface area contributed by atoms with E-state index in [1.807, 2.05) is 18.3 Å². The number of hydrogen-bond donors (Lipinski definition) is 1. The number of hydrogen-bond acceptors (Lipinski definition) is 2. The molecule has 0 amide bonds. The summed E-state index contributed by atoms with van der Waals surface area (Å²) in [5.41, 5.74) is 4.16. The summed E-state index contributed by atoms with van der Waals surface area (Å²) < 4.78 is 0.992. The zero-order valence-corrected chi connectivity index (χ0v) is 10.8. The molecule has 0 aliphatic carbocycles. The van der Waals surface area contributed by atoms with Gasteiger partial charge in [-0.05, 0) is 28.4 Å². The SMILES string of the molecule is Cc1ccccc1-c1ncnc2[nH]cc(Br)c12. The number of halogens is 1. The molecule has 0 saturated carbocycles. The largest absolute Gasteiger partial charge is 0.345 e. The molecule has 4 heteroatoms. The third-order valence-corrected chi connectivity index (χ3v) is 3.45. The Balaban J connectivity index is 2.38. The first-order chi connectivity index (χ1) is 8.27. The highest BCUT2D eigenvalue weighted by molar-refractivity contribution is 9.10. The highest BCUT2D eigenvalue weighted by atomic mass is 79.9. The van der Waals surface area contributed by atoms with Crippen molar-refractivity contribution in [2.75, 3.05) is 0 Å². The van der Waals surface area contributed by atoms with E-state index in [4.69, 9.17) is 0 Å². The number of nitrogens with zero attached hydrogens (tertiary/aromatic N) is 2. The average Bonchev–Trinajstić information content (AvgIpc) is 2.72. The summed E-state index contributed by atoms with van der Waals surface area (Å²) in [5, 5.41) is 1.03. The van der Waals surface area contributed by atoms with Crippen molar-refractivity contribution in [2.45, 2.75) is 6.92 Å². The van der Waals surface area contributed by atoms with Crippen LogP contribution in [0, 0.1) is 6.92 Å². The van der Waals surface area contributed by atoms with Crippen LogP contribution >= 0.6 is 15.9 Å². The molecule has 0 spiro atoms. The Morgan fingerprint density at radius 2 is 2.00 bits per heavy atom. The molecule has 3 rings (SSSR count). The standard InChI is InChI=1S/C13H10BrN3/c1-8-4-2-3-5-9(8)12-11-10(14)6-15-13(11)17-7-16-12/h2-7H,1H3,(H,15,16,17). The molecule has 0 atom stereocenters. The first-order valence-electron chi connectivity index (χ1n) is 5.31. The first-order valence-corrected chi connectivity index (χ1v) is 6.10. The number of aromatic amines is 1. The molecule has 17 heavy (non-hydrogen) atoms. The van der Waals surface area contributed by atoms with E-state index in [0.717, 1.165) is 26.8 Å². The van der Waals surface area contributed by atoms with Crippen LogP contribution in [-0.4, -0.2) is 15.0 Å². The maximum absolute atomic E-state index is 4.41. The van der Waals surface area contributed by atoms with Crippen molar-refractivity contribution in [3.8, 4) is 11.3 Å². The molecule has 0 aliphatic heterocycles. The fraction of sp³-hybridized carbons (Fsp3) is 0.0769. The minimum atomic E-state index is 0.852. The van der Waals surface area contributed by atoms with Crippen LogP contribution in [0.5, 0.6) is 0 Å². The summed E-state index contributed by atoms with van der Waals surface area (Å²) in [7, 11) is 0. The lowest BCUT2D eigenvalue weighted by atomic mass is 10.0. The molecule has 1 aromatic carbocycles. The number of benzene rings is 1. The van der Waals surface area contributed by atoms with E-state index in [1.54, 1.807) is 6.33 Å². The third kappa shape index (κ3) is 1.65. The fourth-order valence-corrected chi connectivity index (χ4v) is 2.46. The predicted octanol–water partition coefficient (Wildman–Crippen LogP) is 3.70. The van der Waals surface area contributed by atoms with Crippen molar-refractivity contribution < 1.29 is 0 Å². The Morgan fingerprint density at radius 1 is 1.18 bits per heavy atom. The highest BCUT2D eigenvalue weighted by Gasteiger charge is 2.12. The second kappa shape index (κ2) is 3.96. The van der Waals surface area contributed by atoms with Crippen LogP contribution in [0.4, 0.5) is 0 Å². The molecule has 2 aromatic heterocycles. The van der Waals surface area contributed by atoms with Gasteiger partial charge < -0.3 is 4.98 Å². The predicted molar refractivity (Wildman–Crippen MR) is 71.8 cm³/mol. The maximum Gasteiger partial charge on any atom is 0.142 e. The van der Waals surface area contributed by atoms with Crippen molar-refractivity contribution in [1.82, 2.24) is 15.0 Å². The van der Waals surface area contributed by atoms with Crippen molar-refractivity contribution >= 4 is 27.0 Å². The van der Waals surface area contributed by atoms with Gasteiger partial charge in [-0.25, -0.2) is 9.97 Å². The Hall–Kier alpha value is -1.68. The summed E-state index contributed by atoms with van der Waals surface area (Å²) in [5.74, 6) is 0. The molecule has 3 aromatic rings. The van der Waals surface area contributed by atoms with Crippen molar-refractivity contribution in [3.63, 3.8) is 0 Å². The quantitative estimate of drug-likeness (QED) is 0.742. The Bertz CT molecular complexity index is 688. The number of aromatic nitrogens is 3. The molecule has 0 saturated heterocycles. The van der Waals surface area contributed by atoms with E-state index in [9.17, 15) is 0 Å². The molecule has 3 nitrogen and oxygen atoms in total. The van der Waals surface area contributed by atoms with Gasteiger partial charge in [0.15, 0.2) is 0 Å². The van der Waals surface area contributed by atoms with Gasteiger partial charge in [0.2, 0.25) is 0 Å². The van der Waals surface area contributed by atoms with Gasteiger partial charge in [0.1, 0.15) is 12.0 Å². The van der Waals surface area contributed by atoms with Gasteiger partial charge in [0.05, 0.1) is 11.1 Å². The van der Waals surface area contributed by atoms with Crippen molar-refractivity contribution in [2.24, 2.45) is 0 Å². The zero-order chi connectivity index (χ0) is 11.8. The Morgan fingerprint density at radius 3 is 2.82 bits per heavy atom. The van der Waals surface area contributed by atoms with Gasteiger partial charge in [0, 0.05) is 16.2 Å². The minimum absolute atomic E-state index is 0.852. The van der Waals surface area contributed by atoms with Crippen LogP contribution in [0.15, 0.2) is 41.3 Å².